The first-order chi connectivity index (χ1) is 9.16. The Morgan fingerprint density at radius 3 is 2.84 bits per heavy atom. The molecule has 0 fully saturated rings. The molecule has 0 radical (unpaired) electrons. The zero-order valence-electron chi connectivity index (χ0n) is 10.2. The summed E-state index contributed by atoms with van der Waals surface area (Å²) >= 11 is 7.50. The Kier molecular flexibility index (Phi) is 4.96. The lowest BCUT2D eigenvalue weighted by molar-refractivity contribution is -0.120. The van der Waals surface area contributed by atoms with Gasteiger partial charge in [0.2, 0.25) is 5.91 Å². The van der Waals surface area contributed by atoms with E-state index >= 15 is 0 Å². The molecule has 19 heavy (non-hydrogen) atoms. The highest BCUT2D eigenvalue weighted by atomic mass is 35.5. The van der Waals surface area contributed by atoms with Gasteiger partial charge in [-0.15, -0.1) is 0 Å². The van der Waals surface area contributed by atoms with Crippen molar-refractivity contribution in [2.24, 2.45) is 0 Å². The highest BCUT2D eigenvalue weighted by molar-refractivity contribution is 7.07. The predicted molar refractivity (Wildman–Crippen MR) is 77.4 cm³/mol. The minimum absolute atomic E-state index is 0.151. The van der Waals surface area contributed by atoms with Crippen LogP contribution >= 0.6 is 22.9 Å². The zero-order chi connectivity index (χ0) is 13.7. The fourth-order valence-electron chi connectivity index (χ4n) is 1.67. The van der Waals surface area contributed by atoms with Crippen LogP contribution in [0.15, 0.2) is 41.1 Å². The maximum atomic E-state index is 11.8. The smallest absolute Gasteiger partial charge is 0.224 e. The number of amides is 1. The average molecular weight is 296 g/mol. The van der Waals surface area contributed by atoms with Crippen molar-refractivity contribution in [1.82, 2.24) is 5.32 Å². The third-order valence-electron chi connectivity index (χ3n) is 2.73. The van der Waals surface area contributed by atoms with Gasteiger partial charge in [-0.1, -0.05) is 29.8 Å². The van der Waals surface area contributed by atoms with Crippen molar-refractivity contribution in [3.05, 3.63) is 57.2 Å². The van der Waals surface area contributed by atoms with Crippen LogP contribution in [0.25, 0.3) is 0 Å². The van der Waals surface area contributed by atoms with E-state index in [2.05, 4.69) is 5.32 Å². The number of nitrogens with one attached hydrogen (secondary N) is 1. The number of rotatable bonds is 5. The van der Waals surface area contributed by atoms with Gasteiger partial charge in [-0.05, 0) is 34.0 Å². The largest absolute Gasteiger partial charge is 0.387 e. The number of hydrogen-bond acceptors (Lipinski definition) is 3. The van der Waals surface area contributed by atoms with Gasteiger partial charge in [0.25, 0.3) is 0 Å². The number of hydrogen-bond donors (Lipinski definition) is 2. The molecule has 5 heteroatoms. The zero-order valence-corrected chi connectivity index (χ0v) is 11.7. The van der Waals surface area contributed by atoms with Gasteiger partial charge in [-0.3, -0.25) is 4.79 Å². The summed E-state index contributed by atoms with van der Waals surface area (Å²) < 4.78 is 0. The maximum absolute atomic E-state index is 11.8. The maximum Gasteiger partial charge on any atom is 0.224 e. The summed E-state index contributed by atoms with van der Waals surface area (Å²) in [5.41, 5.74) is 1.61. The Labute approximate surface area is 120 Å². The van der Waals surface area contributed by atoms with E-state index in [1.807, 2.05) is 35.0 Å². The van der Waals surface area contributed by atoms with Crippen molar-refractivity contribution >= 4 is 28.8 Å². The molecule has 3 nitrogen and oxygen atoms in total. The number of benzene rings is 1. The Morgan fingerprint density at radius 2 is 2.16 bits per heavy atom. The number of carbonyl (C=O) groups is 1. The molecule has 0 saturated heterocycles. The highest BCUT2D eigenvalue weighted by Crippen LogP contribution is 2.16. The van der Waals surface area contributed by atoms with Gasteiger partial charge < -0.3 is 10.4 Å². The standard InChI is InChI=1S/C14H14ClNO2S/c15-12-4-2-1-3-10(12)7-14(18)16-8-13(17)11-5-6-19-9-11/h1-6,9,13,17H,7-8H2,(H,16,18)/t13-/m0/s1. The second-order valence-electron chi connectivity index (χ2n) is 4.14. The van der Waals surface area contributed by atoms with E-state index in [0.29, 0.717) is 5.02 Å². The van der Waals surface area contributed by atoms with Gasteiger partial charge in [0, 0.05) is 11.6 Å². The number of thiophene rings is 1. The first kappa shape index (κ1) is 14.1. The topological polar surface area (TPSA) is 49.3 Å². The van der Waals surface area contributed by atoms with Crippen LogP contribution in [0.1, 0.15) is 17.2 Å². The molecular formula is C14H14ClNO2S. The molecule has 100 valence electrons. The summed E-state index contributed by atoms with van der Waals surface area (Å²) in [4.78, 5) is 11.8. The first-order valence-corrected chi connectivity index (χ1v) is 7.19. The lowest BCUT2D eigenvalue weighted by Crippen LogP contribution is -2.29. The molecule has 0 aliphatic carbocycles. The summed E-state index contributed by atoms with van der Waals surface area (Å²) in [6.45, 7) is 0.208. The molecular weight excluding hydrogens is 282 g/mol. The van der Waals surface area contributed by atoms with Gasteiger partial charge in [0.15, 0.2) is 0 Å². The van der Waals surface area contributed by atoms with E-state index in [1.54, 1.807) is 6.07 Å². The third kappa shape index (κ3) is 4.06. The van der Waals surface area contributed by atoms with Crippen molar-refractivity contribution in [3.63, 3.8) is 0 Å². The molecule has 2 N–H and O–H groups in total. The molecule has 1 aromatic carbocycles. The van der Waals surface area contributed by atoms with Crippen LogP contribution in [-0.2, 0) is 11.2 Å². The number of aliphatic hydroxyl groups excluding tert-OH is 1. The molecule has 0 saturated carbocycles. The highest BCUT2D eigenvalue weighted by Gasteiger charge is 2.11. The van der Waals surface area contributed by atoms with Crippen molar-refractivity contribution in [3.8, 4) is 0 Å². The van der Waals surface area contributed by atoms with E-state index in [4.69, 9.17) is 11.6 Å². The number of halogens is 1. The number of aliphatic hydroxyl groups is 1. The van der Waals surface area contributed by atoms with Crippen LogP contribution in [-0.4, -0.2) is 17.6 Å². The summed E-state index contributed by atoms with van der Waals surface area (Å²) in [5.74, 6) is -0.151. The predicted octanol–water partition coefficient (Wildman–Crippen LogP) is 2.79. The molecule has 2 aromatic rings. The Morgan fingerprint density at radius 1 is 1.37 bits per heavy atom. The van der Waals surface area contributed by atoms with Crippen LogP contribution in [0.5, 0.6) is 0 Å². The fourth-order valence-corrected chi connectivity index (χ4v) is 2.58. The van der Waals surface area contributed by atoms with E-state index in [-0.39, 0.29) is 18.9 Å². The van der Waals surface area contributed by atoms with Crippen LogP contribution < -0.4 is 5.32 Å². The Balaban J connectivity index is 1.84. The number of carbonyl (C=O) groups excluding carboxylic acids is 1. The molecule has 1 atom stereocenters. The van der Waals surface area contributed by atoms with Crippen LogP contribution in [0, 0.1) is 0 Å². The third-order valence-corrected chi connectivity index (χ3v) is 3.80. The van der Waals surface area contributed by atoms with Crippen LogP contribution in [0.3, 0.4) is 0 Å². The molecule has 2 rings (SSSR count). The van der Waals surface area contributed by atoms with E-state index in [1.165, 1.54) is 11.3 Å². The van der Waals surface area contributed by atoms with Gasteiger partial charge in [0.1, 0.15) is 0 Å². The molecule has 0 bridgehead atoms. The van der Waals surface area contributed by atoms with E-state index < -0.39 is 6.10 Å². The normalized spacial score (nSPS) is 12.1. The molecule has 0 spiro atoms. The van der Waals surface area contributed by atoms with Gasteiger partial charge in [-0.25, -0.2) is 0 Å². The van der Waals surface area contributed by atoms with Crippen LogP contribution in [0.2, 0.25) is 5.02 Å². The Bertz CT molecular complexity index is 542. The van der Waals surface area contributed by atoms with Gasteiger partial charge in [0.05, 0.1) is 12.5 Å². The minimum Gasteiger partial charge on any atom is -0.387 e. The van der Waals surface area contributed by atoms with Crippen molar-refractivity contribution < 1.29 is 9.90 Å². The molecule has 1 heterocycles. The molecule has 0 aliphatic heterocycles. The molecule has 1 aromatic heterocycles. The summed E-state index contributed by atoms with van der Waals surface area (Å²) in [6.07, 6.45) is -0.447. The summed E-state index contributed by atoms with van der Waals surface area (Å²) in [6, 6.07) is 9.08. The average Bonchev–Trinajstić information content (AvgIpc) is 2.93. The summed E-state index contributed by atoms with van der Waals surface area (Å²) in [5, 5.41) is 16.9. The van der Waals surface area contributed by atoms with Gasteiger partial charge >= 0.3 is 0 Å². The quantitative estimate of drug-likeness (QED) is 0.891. The molecule has 0 unspecified atom stereocenters. The first-order valence-electron chi connectivity index (χ1n) is 5.87. The monoisotopic (exact) mass is 295 g/mol. The second kappa shape index (κ2) is 6.70. The van der Waals surface area contributed by atoms with Crippen molar-refractivity contribution in [2.75, 3.05) is 6.54 Å². The lowest BCUT2D eigenvalue weighted by Gasteiger charge is -2.11. The van der Waals surface area contributed by atoms with Crippen molar-refractivity contribution in [2.45, 2.75) is 12.5 Å². The lowest BCUT2D eigenvalue weighted by atomic mass is 10.1. The minimum atomic E-state index is -0.665. The Hall–Kier alpha value is -1.36. The van der Waals surface area contributed by atoms with Crippen molar-refractivity contribution in [1.29, 1.82) is 0 Å². The van der Waals surface area contributed by atoms with Crippen LogP contribution in [0.4, 0.5) is 0 Å². The van der Waals surface area contributed by atoms with E-state index in [0.717, 1.165) is 11.1 Å². The molecule has 1 amide bonds. The molecule has 0 aliphatic rings. The summed E-state index contributed by atoms with van der Waals surface area (Å²) in [7, 11) is 0. The second-order valence-corrected chi connectivity index (χ2v) is 5.33. The fraction of sp³-hybridized carbons (Fsp3) is 0.214. The van der Waals surface area contributed by atoms with Gasteiger partial charge in [-0.2, -0.15) is 11.3 Å². The SMILES string of the molecule is O=C(Cc1ccccc1Cl)NC[C@H](O)c1ccsc1. The van der Waals surface area contributed by atoms with E-state index in [9.17, 15) is 9.90 Å².